The lowest BCUT2D eigenvalue weighted by Crippen LogP contribution is -2.25. The highest BCUT2D eigenvalue weighted by Crippen LogP contribution is 2.29. The standard InChI is InChI=1S/C16H26N2O/c1-3-4-10-19-11-9-18-8-7-15-12-14(13(2)17)5-6-16(15)18/h5-6,12-13H,3-4,7-11,17H2,1-2H3. The van der Waals surface area contributed by atoms with Crippen LogP contribution in [-0.4, -0.2) is 26.3 Å². The molecule has 3 heteroatoms. The third-order valence-corrected chi connectivity index (χ3v) is 3.77. The zero-order chi connectivity index (χ0) is 13.7. The van der Waals surface area contributed by atoms with Crippen molar-refractivity contribution in [2.24, 2.45) is 5.73 Å². The largest absolute Gasteiger partial charge is 0.380 e. The Morgan fingerprint density at radius 3 is 2.95 bits per heavy atom. The first-order valence-electron chi connectivity index (χ1n) is 7.43. The number of hydrogen-bond donors (Lipinski definition) is 1. The molecule has 1 aliphatic rings. The van der Waals surface area contributed by atoms with E-state index in [2.05, 4.69) is 30.0 Å². The van der Waals surface area contributed by atoms with Gasteiger partial charge in [-0.2, -0.15) is 0 Å². The van der Waals surface area contributed by atoms with E-state index in [9.17, 15) is 0 Å². The maximum atomic E-state index is 5.94. The Morgan fingerprint density at radius 2 is 2.21 bits per heavy atom. The second-order valence-corrected chi connectivity index (χ2v) is 5.38. The monoisotopic (exact) mass is 262 g/mol. The highest BCUT2D eigenvalue weighted by Gasteiger charge is 2.19. The minimum Gasteiger partial charge on any atom is -0.380 e. The molecule has 0 aromatic heterocycles. The second kappa shape index (κ2) is 6.92. The van der Waals surface area contributed by atoms with Crippen molar-refractivity contribution >= 4 is 5.69 Å². The van der Waals surface area contributed by atoms with Gasteiger partial charge in [0.25, 0.3) is 0 Å². The molecule has 0 saturated heterocycles. The molecule has 0 amide bonds. The highest BCUT2D eigenvalue weighted by molar-refractivity contribution is 5.59. The van der Waals surface area contributed by atoms with E-state index in [1.54, 1.807) is 0 Å². The van der Waals surface area contributed by atoms with Crippen LogP contribution in [0.15, 0.2) is 18.2 Å². The summed E-state index contributed by atoms with van der Waals surface area (Å²) < 4.78 is 5.65. The molecule has 1 aromatic rings. The molecule has 19 heavy (non-hydrogen) atoms. The lowest BCUT2D eigenvalue weighted by molar-refractivity contribution is 0.137. The van der Waals surface area contributed by atoms with Crippen LogP contribution in [0.5, 0.6) is 0 Å². The van der Waals surface area contributed by atoms with Crippen LogP contribution in [0.1, 0.15) is 43.9 Å². The minimum atomic E-state index is 0.122. The van der Waals surface area contributed by atoms with Crippen molar-refractivity contribution < 1.29 is 4.74 Å². The number of nitrogens with two attached hydrogens (primary N) is 1. The van der Waals surface area contributed by atoms with Crippen LogP contribution in [0.2, 0.25) is 0 Å². The Morgan fingerprint density at radius 1 is 1.37 bits per heavy atom. The smallest absolute Gasteiger partial charge is 0.0641 e. The summed E-state index contributed by atoms with van der Waals surface area (Å²) in [5.74, 6) is 0. The van der Waals surface area contributed by atoms with Crippen molar-refractivity contribution in [3.8, 4) is 0 Å². The van der Waals surface area contributed by atoms with Crippen molar-refractivity contribution in [2.75, 3.05) is 31.2 Å². The fourth-order valence-electron chi connectivity index (χ4n) is 2.53. The van der Waals surface area contributed by atoms with E-state index >= 15 is 0 Å². The molecule has 1 atom stereocenters. The number of rotatable bonds is 7. The van der Waals surface area contributed by atoms with Gasteiger partial charge >= 0.3 is 0 Å². The van der Waals surface area contributed by atoms with Crippen molar-refractivity contribution in [1.82, 2.24) is 0 Å². The molecule has 3 nitrogen and oxygen atoms in total. The SMILES string of the molecule is CCCCOCCN1CCc2cc(C(C)N)ccc21. The predicted molar refractivity (Wildman–Crippen MR) is 80.7 cm³/mol. The number of anilines is 1. The van der Waals surface area contributed by atoms with E-state index in [0.29, 0.717) is 0 Å². The first-order chi connectivity index (χ1) is 9.22. The maximum absolute atomic E-state index is 5.94. The van der Waals surface area contributed by atoms with Crippen LogP contribution < -0.4 is 10.6 Å². The first-order valence-corrected chi connectivity index (χ1v) is 7.43. The van der Waals surface area contributed by atoms with Crippen molar-refractivity contribution in [3.63, 3.8) is 0 Å². The van der Waals surface area contributed by atoms with E-state index < -0.39 is 0 Å². The lowest BCUT2D eigenvalue weighted by Gasteiger charge is -2.19. The Hall–Kier alpha value is -1.06. The van der Waals surface area contributed by atoms with Gasteiger partial charge < -0.3 is 15.4 Å². The van der Waals surface area contributed by atoms with Gasteiger partial charge in [-0.1, -0.05) is 25.5 Å². The van der Waals surface area contributed by atoms with Crippen LogP contribution in [0.4, 0.5) is 5.69 Å². The normalized spacial score (nSPS) is 15.6. The minimum absolute atomic E-state index is 0.122. The maximum Gasteiger partial charge on any atom is 0.0641 e. The fourth-order valence-corrected chi connectivity index (χ4v) is 2.53. The van der Waals surface area contributed by atoms with Crippen molar-refractivity contribution in [2.45, 2.75) is 39.2 Å². The summed E-state index contributed by atoms with van der Waals surface area (Å²) in [7, 11) is 0. The summed E-state index contributed by atoms with van der Waals surface area (Å²) in [6.45, 7) is 8.05. The summed E-state index contributed by atoms with van der Waals surface area (Å²) >= 11 is 0. The van der Waals surface area contributed by atoms with E-state index in [0.717, 1.165) is 39.1 Å². The molecule has 1 unspecified atom stereocenters. The van der Waals surface area contributed by atoms with Gasteiger partial charge in [0, 0.05) is 31.4 Å². The topological polar surface area (TPSA) is 38.5 Å². The molecular formula is C16H26N2O. The number of fused-ring (bicyclic) bond motifs is 1. The van der Waals surface area contributed by atoms with Crippen LogP contribution in [0.25, 0.3) is 0 Å². The number of nitrogens with zero attached hydrogens (tertiary/aromatic N) is 1. The molecule has 0 fully saturated rings. The van der Waals surface area contributed by atoms with Gasteiger partial charge in [0.1, 0.15) is 0 Å². The van der Waals surface area contributed by atoms with Gasteiger partial charge in [0.2, 0.25) is 0 Å². The zero-order valence-electron chi connectivity index (χ0n) is 12.2. The number of benzene rings is 1. The van der Waals surface area contributed by atoms with Gasteiger partial charge in [-0.25, -0.2) is 0 Å². The zero-order valence-corrected chi connectivity index (χ0v) is 12.2. The molecular weight excluding hydrogens is 236 g/mol. The number of hydrogen-bond acceptors (Lipinski definition) is 3. The van der Waals surface area contributed by atoms with Gasteiger partial charge in [0.15, 0.2) is 0 Å². The predicted octanol–water partition coefficient (Wildman–Crippen LogP) is 2.89. The number of ether oxygens (including phenoxy) is 1. The summed E-state index contributed by atoms with van der Waals surface area (Å²) in [6.07, 6.45) is 3.49. The third-order valence-electron chi connectivity index (χ3n) is 3.77. The van der Waals surface area contributed by atoms with E-state index in [1.165, 1.54) is 23.2 Å². The van der Waals surface area contributed by atoms with Crippen LogP contribution >= 0.6 is 0 Å². The molecule has 1 heterocycles. The molecule has 0 aliphatic carbocycles. The number of unbranched alkanes of at least 4 members (excludes halogenated alkanes) is 1. The van der Waals surface area contributed by atoms with Crippen molar-refractivity contribution in [1.29, 1.82) is 0 Å². The van der Waals surface area contributed by atoms with Crippen molar-refractivity contribution in [3.05, 3.63) is 29.3 Å². The Bertz CT molecular complexity index is 404. The first kappa shape index (κ1) is 14.4. The fraction of sp³-hybridized carbons (Fsp3) is 0.625. The Kier molecular flexibility index (Phi) is 5.23. The van der Waals surface area contributed by atoms with Gasteiger partial charge in [-0.05, 0) is 37.0 Å². The summed E-state index contributed by atoms with van der Waals surface area (Å²) in [4.78, 5) is 2.42. The summed E-state index contributed by atoms with van der Waals surface area (Å²) in [6, 6.07) is 6.75. The third kappa shape index (κ3) is 3.71. The average Bonchev–Trinajstić information content (AvgIpc) is 2.81. The van der Waals surface area contributed by atoms with Gasteiger partial charge in [-0.3, -0.25) is 0 Å². The quantitative estimate of drug-likeness (QED) is 0.768. The van der Waals surface area contributed by atoms with E-state index in [1.807, 2.05) is 6.92 Å². The van der Waals surface area contributed by atoms with E-state index in [4.69, 9.17) is 10.5 Å². The van der Waals surface area contributed by atoms with Crippen LogP contribution in [0.3, 0.4) is 0 Å². The molecule has 2 rings (SSSR count). The summed E-state index contributed by atoms with van der Waals surface area (Å²) in [5.41, 5.74) is 9.97. The molecule has 0 radical (unpaired) electrons. The lowest BCUT2D eigenvalue weighted by atomic mass is 10.0. The van der Waals surface area contributed by atoms with Gasteiger partial charge in [0.05, 0.1) is 6.61 Å². The molecule has 0 bridgehead atoms. The van der Waals surface area contributed by atoms with E-state index in [-0.39, 0.29) is 6.04 Å². The summed E-state index contributed by atoms with van der Waals surface area (Å²) in [5, 5.41) is 0. The molecule has 0 spiro atoms. The molecule has 106 valence electrons. The highest BCUT2D eigenvalue weighted by atomic mass is 16.5. The Labute approximate surface area is 116 Å². The molecule has 1 aliphatic heterocycles. The van der Waals surface area contributed by atoms with Crippen LogP contribution in [-0.2, 0) is 11.2 Å². The van der Waals surface area contributed by atoms with Gasteiger partial charge in [-0.15, -0.1) is 0 Å². The molecule has 0 saturated carbocycles. The Balaban J connectivity index is 1.87. The average molecular weight is 262 g/mol. The molecule has 1 aromatic carbocycles. The van der Waals surface area contributed by atoms with Crippen LogP contribution in [0, 0.1) is 0 Å². The second-order valence-electron chi connectivity index (χ2n) is 5.38. The molecule has 2 N–H and O–H groups in total.